The topological polar surface area (TPSA) is 128 Å². The minimum Gasteiger partial charge on any atom is -0.396 e. The maximum absolute atomic E-state index is 14.3. The summed E-state index contributed by atoms with van der Waals surface area (Å²) in [5.41, 5.74) is 13.2. The number of aliphatic imine (C=N–C) groups is 1. The first-order valence-corrected chi connectivity index (χ1v) is 10.9. The number of allylic oxidation sites excluding steroid dienone is 1. The lowest BCUT2D eigenvalue weighted by atomic mass is 9.92. The zero-order chi connectivity index (χ0) is 24.7. The maximum atomic E-state index is 14.3. The van der Waals surface area contributed by atoms with Crippen LogP contribution >= 0.6 is 0 Å². The summed E-state index contributed by atoms with van der Waals surface area (Å²) in [6.07, 6.45) is 4.66. The summed E-state index contributed by atoms with van der Waals surface area (Å²) in [7, 11) is 0. The van der Waals surface area contributed by atoms with E-state index in [-0.39, 0.29) is 29.7 Å². The van der Waals surface area contributed by atoms with E-state index in [9.17, 15) is 8.78 Å². The van der Waals surface area contributed by atoms with Gasteiger partial charge < -0.3 is 21.3 Å². The second-order valence-corrected chi connectivity index (χ2v) is 8.77. The van der Waals surface area contributed by atoms with Crippen molar-refractivity contribution in [3.8, 4) is 0 Å². The second-order valence-electron chi connectivity index (χ2n) is 8.77. The van der Waals surface area contributed by atoms with Gasteiger partial charge in [0, 0.05) is 23.7 Å². The van der Waals surface area contributed by atoms with Crippen molar-refractivity contribution in [3.05, 3.63) is 77.6 Å². The summed E-state index contributed by atoms with van der Waals surface area (Å²) in [5.74, 6) is -0.520. The van der Waals surface area contributed by atoms with Gasteiger partial charge in [0.2, 0.25) is 0 Å². The van der Waals surface area contributed by atoms with Gasteiger partial charge in [-0.05, 0) is 31.4 Å². The molecule has 180 valence electrons. The lowest BCUT2D eigenvalue weighted by Gasteiger charge is -2.27. The van der Waals surface area contributed by atoms with Gasteiger partial charge in [-0.25, -0.2) is 18.7 Å². The van der Waals surface area contributed by atoms with E-state index < -0.39 is 11.4 Å². The Morgan fingerprint density at radius 3 is 2.68 bits per heavy atom. The fraction of sp³-hybridized carbons (Fsp3) is 0.333. The Hall–Kier alpha value is -3.66. The molecule has 0 aliphatic carbocycles. The van der Waals surface area contributed by atoms with Gasteiger partial charge in [0.05, 0.1) is 24.2 Å². The van der Waals surface area contributed by atoms with Gasteiger partial charge in [0.15, 0.2) is 17.5 Å². The van der Waals surface area contributed by atoms with Crippen LogP contribution in [0.2, 0.25) is 0 Å². The molecule has 0 saturated heterocycles. The van der Waals surface area contributed by atoms with Crippen molar-refractivity contribution in [1.82, 2.24) is 15.1 Å². The van der Waals surface area contributed by atoms with E-state index in [2.05, 4.69) is 39.3 Å². The molecule has 0 aliphatic rings. The number of hydrogen-bond donors (Lipinski definition) is 3. The van der Waals surface area contributed by atoms with Crippen molar-refractivity contribution < 1.29 is 13.3 Å². The molecule has 1 aromatic carbocycles. The van der Waals surface area contributed by atoms with E-state index in [1.807, 2.05) is 6.92 Å². The molecule has 0 amide bonds. The van der Waals surface area contributed by atoms with Gasteiger partial charge in [-0.3, -0.25) is 4.99 Å². The molecule has 3 rings (SSSR count). The summed E-state index contributed by atoms with van der Waals surface area (Å²) in [4.78, 5) is 12.6. The minimum absolute atomic E-state index is 0.00642. The summed E-state index contributed by atoms with van der Waals surface area (Å²) in [6.45, 7) is 6.40. The Kier molecular flexibility index (Phi) is 8.06. The largest absolute Gasteiger partial charge is 0.396 e. The molecule has 0 spiro atoms. The Morgan fingerprint density at radius 2 is 2.00 bits per heavy atom. The number of benzene rings is 1. The third kappa shape index (κ3) is 6.92. The van der Waals surface area contributed by atoms with Crippen molar-refractivity contribution in [3.63, 3.8) is 0 Å². The van der Waals surface area contributed by atoms with Gasteiger partial charge in [-0.1, -0.05) is 37.2 Å². The monoisotopic (exact) mass is 469 g/mol. The summed E-state index contributed by atoms with van der Waals surface area (Å²) in [6, 6.07) is 7.92. The normalized spacial score (nSPS) is 14.3. The molecule has 0 bridgehead atoms. The third-order valence-electron chi connectivity index (χ3n) is 4.91. The fourth-order valence-corrected chi connectivity index (χ4v) is 3.47. The molecule has 0 radical (unpaired) electrons. The van der Waals surface area contributed by atoms with Crippen LogP contribution in [0.25, 0.3) is 5.70 Å². The quantitative estimate of drug-likeness (QED) is 0.384. The van der Waals surface area contributed by atoms with E-state index in [1.54, 1.807) is 24.3 Å². The zero-order valence-corrected chi connectivity index (χ0v) is 19.4. The number of hydrogen-bond acceptors (Lipinski definition) is 8. The van der Waals surface area contributed by atoms with Gasteiger partial charge in [0.25, 0.3) is 0 Å². The molecule has 3 aromatic rings. The molecule has 2 aromatic heterocycles. The van der Waals surface area contributed by atoms with E-state index in [0.29, 0.717) is 29.4 Å². The lowest BCUT2D eigenvalue weighted by molar-refractivity contribution is 0.385. The first-order chi connectivity index (χ1) is 16.1. The SMILES string of the molecule is CC(C)CC(C)(N)CNc1nc(C(N)=CC(=NCc2ccccc2F)c2ccon2)ncc1F. The lowest BCUT2D eigenvalue weighted by Crippen LogP contribution is -2.44. The Bertz CT molecular complexity index is 1160. The first kappa shape index (κ1) is 25.0. The highest BCUT2D eigenvalue weighted by molar-refractivity contribution is 6.10. The molecular formula is C24H29F2N7O. The van der Waals surface area contributed by atoms with Crippen LogP contribution in [-0.2, 0) is 6.54 Å². The summed E-state index contributed by atoms with van der Waals surface area (Å²) < 4.78 is 33.2. The standard InChI is InChI=1S/C24H29F2N7O/c1-15(2)11-24(3,28)14-31-22-18(26)13-30-23(32-22)19(27)10-21(20-8-9-34-33-20)29-12-16-6-4-5-7-17(16)25/h4-10,13,15H,11-12,14,27-28H2,1-3H3,(H,30,31,32). The highest BCUT2D eigenvalue weighted by Gasteiger charge is 2.21. The number of nitrogens with two attached hydrogens (primary N) is 2. The van der Waals surface area contributed by atoms with Crippen LogP contribution in [0.15, 0.2) is 58.4 Å². The summed E-state index contributed by atoms with van der Waals surface area (Å²) >= 11 is 0. The molecule has 8 nitrogen and oxygen atoms in total. The van der Waals surface area contributed by atoms with Crippen molar-refractivity contribution >= 4 is 17.2 Å². The number of nitrogens with zero attached hydrogens (tertiary/aromatic N) is 4. The molecule has 0 aliphatic heterocycles. The van der Waals surface area contributed by atoms with Crippen LogP contribution in [0.5, 0.6) is 0 Å². The molecule has 34 heavy (non-hydrogen) atoms. The molecule has 5 N–H and O–H groups in total. The number of rotatable bonds is 10. The number of halogens is 2. The predicted octanol–water partition coefficient (Wildman–Crippen LogP) is 3.91. The van der Waals surface area contributed by atoms with E-state index in [4.69, 9.17) is 16.0 Å². The van der Waals surface area contributed by atoms with E-state index >= 15 is 0 Å². The molecule has 10 heteroatoms. The Labute approximate surface area is 197 Å². The van der Waals surface area contributed by atoms with Crippen LogP contribution in [0.3, 0.4) is 0 Å². The fourth-order valence-electron chi connectivity index (χ4n) is 3.47. The van der Waals surface area contributed by atoms with Crippen LogP contribution in [0.4, 0.5) is 14.6 Å². The van der Waals surface area contributed by atoms with Crippen molar-refractivity contribution in [2.45, 2.75) is 39.3 Å². The minimum atomic E-state index is -0.623. The molecule has 1 unspecified atom stereocenters. The smallest absolute Gasteiger partial charge is 0.183 e. The Balaban J connectivity index is 1.85. The van der Waals surface area contributed by atoms with Crippen molar-refractivity contribution in [1.29, 1.82) is 0 Å². The predicted molar refractivity (Wildman–Crippen MR) is 128 cm³/mol. The van der Waals surface area contributed by atoms with E-state index in [0.717, 1.165) is 12.6 Å². The number of nitrogens with one attached hydrogen (secondary N) is 1. The van der Waals surface area contributed by atoms with Gasteiger partial charge in [-0.15, -0.1) is 0 Å². The van der Waals surface area contributed by atoms with Crippen molar-refractivity contribution in [2.24, 2.45) is 22.4 Å². The highest BCUT2D eigenvalue weighted by Crippen LogP contribution is 2.18. The third-order valence-corrected chi connectivity index (χ3v) is 4.91. The zero-order valence-electron chi connectivity index (χ0n) is 19.4. The van der Waals surface area contributed by atoms with E-state index in [1.165, 1.54) is 18.4 Å². The number of aromatic nitrogens is 3. The molecule has 1 atom stereocenters. The first-order valence-electron chi connectivity index (χ1n) is 10.9. The van der Waals surface area contributed by atoms with Crippen LogP contribution in [0, 0.1) is 17.6 Å². The van der Waals surface area contributed by atoms with Crippen LogP contribution in [-0.4, -0.2) is 32.9 Å². The molecular weight excluding hydrogens is 440 g/mol. The molecule has 0 fully saturated rings. The van der Waals surface area contributed by atoms with Crippen LogP contribution in [0.1, 0.15) is 44.3 Å². The van der Waals surface area contributed by atoms with Crippen molar-refractivity contribution in [2.75, 3.05) is 11.9 Å². The Morgan fingerprint density at radius 1 is 1.24 bits per heavy atom. The van der Waals surface area contributed by atoms with Gasteiger partial charge >= 0.3 is 0 Å². The average Bonchev–Trinajstić information content (AvgIpc) is 3.31. The van der Waals surface area contributed by atoms with Crippen LogP contribution < -0.4 is 16.8 Å². The maximum Gasteiger partial charge on any atom is 0.183 e. The van der Waals surface area contributed by atoms with Gasteiger partial charge in [-0.2, -0.15) is 0 Å². The molecule has 0 saturated carbocycles. The highest BCUT2D eigenvalue weighted by atomic mass is 19.1. The average molecular weight is 470 g/mol. The van der Waals surface area contributed by atoms with Gasteiger partial charge in [0.1, 0.15) is 17.8 Å². The molecule has 2 heterocycles. The second kappa shape index (κ2) is 11.0. The number of anilines is 1. The summed E-state index contributed by atoms with van der Waals surface area (Å²) in [5, 5.41) is 6.84.